The molecule has 0 spiro atoms. The molecule has 1 atom stereocenters. The molecular weight excluding hydrogens is 300 g/mol. The first-order valence-corrected chi connectivity index (χ1v) is 8.28. The average molecular weight is 324 g/mol. The van der Waals surface area contributed by atoms with Crippen LogP contribution in [0.5, 0.6) is 5.75 Å². The number of aryl methyl sites for hydroxylation is 1. The highest BCUT2D eigenvalue weighted by Gasteiger charge is 2.26. The summed E-state index contributed by atoms with van der Waals surface area (Å²) >= 11 is 0. The molecule has 0 fully saturated rings. The summed E-state index contributed by atoms with van der Waals surface area (Å²) in [7, 11) is 3.90. The highest BCUT2D eigenvalue weighted by atomic mass is 16.3. The minimum Gasteiger partial charge on any atom is -0.507 e. The van der Waals surface area contributed by atoms with Gasteiger partial charge >= 0.3 is 0 Å². The number of fused-ring (bicyclic) bond motifs is 1. The van der Waals surface area contributed by atoms with E-state index in [2.05, 4.69) is 36.2 Å². The molecule has 0 saturated carbocycles. The Bertz CT molecular complexity index is 757. The third-order valence-electron chi connectivity index (χ3n) is 4.92. The van der Waals surface area contributed by atoms with Gasteiger partial charge in [-0.2, -0.15) is 0 Å². The van der Waals surface area contributed by atoms with E-state index in [1.807, 2.05) is 0 Å². The summed E-state index contributed by atoms with van der Waals surface area (Å²) in [5, 5.41) is 10.1. The van der Waals surface area contributed by atoms with E-state index in [0.29, 0.717) is 12.1 Å². The number of amides is 1. The Morgan fingerprint density at radius 2 is 1.92 bits per heavy atom. The molecule has 4 nitrogen and oxygen atoms in total. The zero-order chi connectivity index (χ0) is 17.3. The van der Waals surface area contributed by atoms with Crippen LogP contribution in [0.2, 0.25) is 0 Å². The zero-order valence-electron chi connectivity index (χ0n) is 14.5. The molecule has 1 N–H and O–H groups in total. The van der Waals surface area contributed by atoms with Crippen LogP contribution in [-0.2, 0) is 13.0 Å². The van der Waals surface area contributed by atoms with E-state index < -0.39 is 0 Å². The van der Waals surface area contributed by atoms with Crippen molar-refractivity contribution in [1.82, 2.24) is 9.80 Å². The number of likely N-dealkylation sites (N-methyl/N-ethyl adjacent to an activating group) is 2. The second-order valence-corrected chi connectivity index (χ2v) is 6.70. The van der Waals surface area contributed by atoms with E-state index >= 15 is 0 Å². The minimum atomic E-state index is -0.136. The molecule has 24 heavy (non-hydrogen) atoms. The van der Waals surface area contributed by atoms with E-state index in [4.69, 9.17) is 0 Å². The molecule has 0 saturated heterocycles. The van der Waals surface area contributed by atoms with Crippen molar-refractivity contribution in [3.05, 3.63) is 64.7 Å². The van der Waals surface area contributed by atoms with Gasteiger partial charge in [-0.05, 0) is 43.1 Å². The van der Waals surface area contributed by atoms with Crippen LogP contribution in [0.15, 0.2) is 42.5 Å². The summed E-state index contributed by atoms with van der Waals surface area (Å²) in [4.78, 5) is 16.7. The number of carbonyl (C=O) groups excluding carboxylic acids is 1. The molecule has 3 rings (SSSR count). The molecule has 2 aromatic rings. The Morgan fingerprint density at radius 3 is 2.67 bits per heavy atom. The molecule has 4 heteroatoms. The van der Waals surface area contributed by atoms with Crippen molar-refractivity contribution in [1.29, 1.82) is 0 Å². The summed E-state index contributed by atoms with van der Waals surface area (Å²) < 4.78 is 0. The van der Waals surface area contributed by atoms with Gasteiger partial charge in [0.15, 0.2) is 0 Å². The van der Waals surface area contributed by atoms with Crippen LogP contribution in [0.4, 0.5) is 0 Å². The second kappa shape index (κ2) is 6.65. The third-order valence-corrected chi connectivity index (χ3v) is 4.92. The van der Waals surface area contributed by atoms with Crippen molar-refractivity contribution >= 4 is 5.91 Å². The van der Waals surface area contributed by atoms with Crippen LogP contribution in [0.25, 0.3) is 0 Å². The molecule has 0 aliphatic carbocycles. The smallest absolute Gasteiger partial charge is 0.257 e. The Hall–Kier alpha value is -2.33. The van der Waals surface area contributed by atoms with Crippen molar-refractivity contribution < 1.29 is 9.90 Å². The molecule has 1 aliphatic rings. The highest BCUT2D eigenvalue weighted by Crippen LogP contribution is 2.25. The van der Waals surface area contributed by atoms with Crippen molar-refractivity contribution in [3.8, 4) is 5.75 Å². The Labute approximate surface area is 143 Å². The molecule has 0 bridgehead atoms. The number of phenolic OH excluding ortho intramolecular Hbond substituents is 1. The van der Waals surface area contributed by atoms with Gasteiger partial charge in [-0.15, -0.1) is 0 Å². The number of para-hydroxylation sites is 1. The second-order valence-electron chi connectivity index (χ2n) is 6.70. The van der Waals surface area contributed by atoms with Gasteiger partial charge < -0.3 is 10.0 Å². The van der Waals surface area contributed by atoms with Gasteiger partial charge in [-0.1, -0.05) is 36.4 Å². The number of benzene rings is 2. The van der Waals surface area contributed by atoms with E-state index in [1.54, 1.807) is 37.1 Å². The van der Waals surface area contributed by atoms with Gasteiger partial charge in [0.1, 0.15) is 5.75 Å². The van der Waals surface area contributed by atoms with Gasteiger partial charge in [0, 0.05) is 26.2 Å². The molecule has 1 amide bonds. The maximum Gasteiger partial charge on any atom is 0.257 e. The Morgan fingerprint density at radius 1 is 1.21 bits per heavy atom. The molecule has 1 unspecified atom stereocenters. The zero-order valence-corrected chi connectivity index (χ0v) is 14.5. The molecule has 1 heterocycles. The van der Waals surface area contributed by atoms with Crippen LogP contribution >= 0.6 is 0 Å². The first-order chi connectivity index (χ1) is 11.5. The fourth-order valence-corrected chi connectivity index (χ4v) is 3.36. The van der Waals surface area contributed by atoms with E-state index in [1.165, 1.54) is 11.1 Å². The largest absolute Gasteiger partial charge is 0.507 e. The van der Waals surface area contributed by atoms with Gasteiger partial charge in [-0.25, -0.2) is 0 Å². The van der Waals surface area contributed by atoms with Crippen molar-refractivity contribution in [2.75, 3.05) is 20.6 Å². The van der Waals surface area contributed by atoms with Crippen molar-refractivity contribution in [2.24, 2.45) is 0 Å². The van der Waals surface area contributed by atoms with Gasteiger partial charge in [0.05, 0.1) is 5.56 Å². The molecule has 0 radical (unpaired) electrons. The first kappa shape index (κ1) is 16.5. The van der Waals surface area contributed by atoms with Crippen molar-refractivity contribution in [3.63, 3.8) is 0 Å². The maximum atomic E-state index is 12.7. The van der Waals surface area contributed by atoms with Crippen LogP contribution < -0.4 is 0 Å². The van der Waals surface area contributed by atoms with Crippen molar-refractivity contribution in [2.45, 2.75) is 25.9 Å². The fraction of sp³-hybridized carbons (Fsp3) is 0.350. The van der Waals surface area contributed by atoms with Crippen LogP contribution in [0.1, 0.15) is 27.0 Å². The van der Waals surface area contributed by atoms with E-state index in [9.17, 15) is 9.90 Å². The minimum absolute atomic E-state index is 0.0803. The lowest BCUT2D eigenvalue weighted by molar-refractivity contribution is 0.0730. The molecular formula is C20H24N2O2. The van der Waals surface area contributed by atoms with Gasteiger partial charge in [-0.3, -0.25) is 9.69 Å². The number of rotatable bonds is 3. The van der Waals surface area contributed by atoms with E-state index in [0.717, 1.165) is 18.5 Å². The maximum absolute atomic E-state index is 12.7. The SMILES string of the molecule is Cc1cccc(C(=O)N(C)CC2Cc3ccccc3CN2C)c1O. The first-order valence-electron chi connectivity index (χ1n) is 8.28. The lowest BCUT2D eigenvalue weighted by Gasteiger charge is -2.36. The number of hydrogen-bond donors (Lipinski definition) is 1. The lowest BCUT2D eigenvalue weighted by Crippen LogP contribution is -2.46. The number of nitrogens with zero attached hydrogens (tertiary/aromatic N) is 2. The Balaban J connectivity index is 1.74. The standard InChI is InChI=1S/C20H24N2O2/c1-14-7-6-10-18(19(14)23)20(24)22(3)13-17-11-15-8-4-5-9-16(15)12-21(17)2/h4-10,17,23H,11-13H2,1-3H3. The summed E-state index contributed by atoms with van der Waals surface area (Å²) in [5.41, 5.74) is 3.82. The van der Waals surface area contributed by atoms with Crippen LogP contribution in [0.3, 0.4) is 0 Å². The summed E-state index contributed by atoms with van der Waals surface area (Å²) in [5.74, 6) is -0.0554. The normalized spacial score (nSPS) is 17.4. The summed E-state index contributed by atoms with van der Waals surface area (Å²) in [6.07, 6.45) is 0.935. The fourth-order valence-electron chi connectivity index (χ4n) is 3.36. The average Bonchev–Trinajstić information content (AvgIpc) is 2.57. The molecule has 1 aliphatic heterocycles. The summed E-state index contributed by atoms with van der Waals surface area (Å²) in [6.45, 7) is 3.34. The predicted octanol–water partition coefficient (Wildman–Crippen LogP) is 2.83. The Kier molecular flexibility index (Phi) is 4.58. The number of phenols is 1. The topological polar surface area (TPSA) is 43.8 Å². The molecule has 0 aromatic heterocycles. The number of hydrogen-bond acceptors (Lipinski definition) is 3. The van der Waals surface area contributed by atoms with Gasteiger partial charge in [0.2, 0.25) is 0 Å². The van der Waals surface area contributed by atoms with Crippen LogP contribution in [-0.4, -0.2) is 47.5 Å². The summed E-state index contributed by atoms with van der Waals surface area (Å²) in [6, 6.07) is 14.0. The molecule has 126 valence electrons. The quantitative estimate of drug-likeness (QED) is 0.944. The number of carbonyl (C=O) groups is 1. The van der Waals surface area contributed by atoms with E-state index in [-0.39, 0.29) is 17.7 Å². The highest BCUT2D eigenvalue weighted by molar-refractivity contribution is 5.97. The monoisotopic (exact) mass is 324 g/mol. The predicted molar refractivity (Wildman–Crippen MR) is 95.2 cm³/mol. The lowest BCUT2D eigenvalue weighted by atomic mass is 9.94. The molecule has 2 aromatic carbocycles. The number of aromatic hydroxyl groups is 1. The van der Waals surface area contributed by atoms with Crippen LogP contribution in [0, 0.1) is 6.92 Å². The third kappa shape index (κ3) is 3.15. The van der Waals surface area contributed by atoms with Gasteiger partial charge in [0.25, 0.3) is 5.91 Å².